The van der Waals surface area contributed by atoms with Gasteiger partial charge in [-0.15, -0.1) is 0 Å². The first-order valence-corrected chi connectivity index (χ1v) is 5.30. The van der Waals surface area contributed by atoms with Crippen molar-refractivity contribution in [2.75, 3.05) is 6.26 Å². The molecule has 0 aromatic carbocycles. The third-order valence-electron chi connectivity index (χ3n) is 1.55. The summed E-state index contributed by atoms with van der Waals surface area (Å²) < 4.78 is 22.0. The van der Waals surface area contributed by atoms with Crippen LogP contribution in [-0.4, -0.2) is 24.6 Å². The van der Waals surface area contributed by atoms with E-state index in [0.29, 0.717) is 5.69 Å². The van der Waals surface area contributed by atoms with Gasteiger partial charge in [-0.3, -0.25) is 4.98 Å². The van der Waals surface area contributed by atoms with Crippen LogP contribution in [0.15, 0.2) is 11.2 Å². The van der Waals surface area contributed by atoms with Gasteiger partial charge < -0.3 is 0 Å². The van der Waals surface area contributed by atoms with Crippen molar-refractivity contribution in [1.82, 2.24) is 9.97 Å². The zero-order valence-corrected chi connectivity index (χ0v) is 8.01. The minimum Gasteiger partial charge on any atom is -0.257 e. The maximum Gasteiger partial charge on any atom is 0.194 e. The lowest BCUT2D eigenvalue weighted by Gasteiger charge is -2.00. The average molecular weight is 186 g/mol. The molecule has 0 spiro atoms. The van der Waals surface area contributed by atoms with Gasteiger partial charge in [-0.25, -0.2) is 13.4 Å². The SMILES string of the molecule is Cc1ncc(S(C)(=O)=O)nc1C. The minimum atomic E-state index is -3.22. The molecule has 0 radical (unpaired) electrons. The highest BCUT2D eigenvalue weighted by molar-refractivity contribution is 7.90. The van der Waals surface area contributed by atoms with Gasteiger partial charge in [0.05, 0.1) is 17.6 Å². The summed E-state index contributed by atoms with van der Waals surface area (Å²) in [6, 6.07) is 0. The molecule has 0 aliphatic carbocycles. The molecule has 1 aromatic rings. The number of hydrogen-bond donors (Lipinski definition) is 0. The third-order valence-corrected chi connectivity index (χ3v) is 2.51. The Morgan fingerprint density at radius 1 is 1.25 bits per heavy atom. The molecule has 4 nitrogen and oxygen atoms in total. The molecule has 0 aliphatic heterocycles. The van der Waals surface area contributed by atoms with Crippen LogP contribution in [0.25, 0.3) is 0 Å². The zero-order chi connectivity index (χ0) is 9.35. The van der Waals surface area contributed by atoms with Gasteiger partial charge >= 0.3 is 0 Å². The van der Waals surface area contributed by atoms with Crippen LogP contribution in [0.5, 0.6) is 0 Å². The average Bonchev–Trinajstić information content (AvgIpc) is 1.92. The highest BCUT2D eigenvalue weighted by Gasteiger charge is 2.09. The van der Waals surface area contributed by atoms with Crippen molar-refractivity contribution in [2.45, 2.75) is 18.9 Å². The van der Waals surface area contributed by atoms with E-state index in [1.165, 1.54) is 6.20 Å². The summed E-state index contributed by atoms with van der Waals surface area (Å²) in [6.07, 6.45) is 2.39. The largest absolute Gasteiger partial charge is 0.257 e. The molecule has 0 saturated heterocycles. The summed E-state index contributed by atoms with van der Waals surface area (Å²) in [4.78, 5) is 7.80. The molecule has 0 aliphatic rings. The van der Waals surface area contributed by atoms with E-state index in [4.69, 9.17) is 0 Å². The van der Waals surface area contributed by atoms with E-state index in [9.17, 15) is 8.42 Å². The zero-order valence-electron chi connectivity index (χ0n) is 7.20. The number of sulfone groups is 1. The van der Waals surface area contributed by atoms with E-state index < -0.39 is 9.84 Å². The van der Waals surface area contributed by atoms with Crippen LogP contribution in [-0.2, 0) is 9.84 Å². The lowest BCUT2D eigenvalue weighted by Crippen LogP contribution is -2.04. The topological polar surface area (TPSA) is 59.9 Å². The summed E-state index contributed by atoms with van der Waals surface area (Å²) >= 11 is 0. The molecule has 1 rings (SSSR count). The highest BCUT2D eigenvalue weighted by Crippen LogP contribution is 2.06. The van der Waals surface area contributed by atoms with Gasteiger partial charge in [0.25, 0.3) is 0 Å². The molecule has 0 unspecified atom stereocenters. The fourth-order valence-corrected chi connectivity index (χ4v) is 1.25. The van der Waals surface area contributed by atoms with Crippen LogP contribution in [0.4, 0.5) is 0 Å². The molecule has 1 heterocycles. The van der Waals surface area contributed by atoms with Crippen molar-refractivity contribution in [3.05, 3.63) is 17.6 Å². The van der Waals surface area contributed by atoms with Crippen LogP contribution >= 0.6 is 0 Å². The van der Waals surface area contributed by atoms with Crippen molar-refractivity contribution < 1.29 is 8.42 Å². The fourth-order valence-electron chi connectivity index (χ4n) is 0.699. The van der Waals surface area contributed by atoms with Gasteiger partial charge in [0, 0.05) is 6.26 Å². The first kappa shape index (κ1) is 9.12. The first-order chi connectivity index (χ1) is 5.41. The highest BCUT2D eigenvalue weighted by atomic mass is 32.2. The van der Waals surface area contributed by atoms with Crippen LogP contribution in [0.1, 0.15) is 11.4 Å². The molecule has 0 fully saturated rings. The monoisotopic (exact) mass is 186 g/mol. The van der Waals surface area contributed by atoms with Gasteiger partial charge in [0.15, 0.2) is 14.9 Å². The minimum absolute atomic E-state index is 0.0330. The molecule has 1 aromatic heterocycles. The molecule has 66 valence electrons. The maximum atomic E-state index is 11.0. The number of rotatable bonds is 1. The summed E-state index contributed by atoms with van der Waals surface area (Å²) in [7, 11) is -3.22. The van der Waals surface area contributed by atoms with Crippen LogP contribution in [0.3, 0.4) is 0 Å². The van der Waals surface area contributed by atoms with Crippen LogP contribution < -0.4 is 0 Å². The molecule has 0 saturated carbocycles. The van der Waals surface area contributed by atoms with E-state index in [2.05, 4.69) is 9.97 Å². The van der Waals surface area contributed by atoms with E-state index in [1.54, 1.807) is 13.8 Å². The molecule has 0 atom stereocenters. The Balaban J connectivity index is 3.33. The maximum absolute atomic E-state index is 11.0. The predicted molar refractivity (Wildman–Crippen MR) is 44.6 cm³/mol. The van der Waals surface area contributed by atoms with E-state index >= 15 is 0 Å². The molecular weight excluding hydrogens is 176 g/mol. The van der Waals surface area contributed by atoms with Crippen molar-refractivity contribution >= 4 is 9.84 Å². The van der Waals surface area contributed by atoms with Gasteiger partial charge in [0.1, 0.15) is 0 Å². The number of nitrogens with zero attached hydrogens (tertiary/aromatic N) is 2. The standard InChI is InChI=1S/C7H10N2O2S/c1-5-6(2)9-7(4-8-5)12(3,10)11/h4H,1-3H3. The first-order valence-electron chi connectivity index (χ1n) is 3.41. The van der Waals surface area contributed by atoms with Crippen molar-refractivity contribution in [3.8, 4) is 0 Å². The lowest BCUT2D eigenvalue weighted by atomic mass is 10.4. The predicted octanol–water partition coefficient (Wildman–Crippen LogP) is 0.497. The van der Waals surface area contributed by atoms with E-state index in [1.807, 2.05) is 0 Å². The lowest BCUT2D eigenvalue weighted by molar-refractivity contribution is 0.597. The van der Waals surface area contributed by atoms with Gasteiger partial charge in [0.2, 0.25) is 0 Å². The molecule has 0 amide bonds. The molecule has 0 N–H and O–H groups in total. The Labute approximate surface area is 71.6 Å². The van der Waals surface area contributed by atoms with E-state index in [0.717, 1.165) is 11.9 Å². The summed E-state index contributed by atoms with van der Waals surface area (Å²) in [6.45, 7) is 3.52. The number of hydrogen-bond acceptors (Lipinski definition) is 4. The molecule has 0 bridgehead atoms. The smallest absolute Gasteiger partial charge is 0.194 e. The van der Waals surface area contributed by atoms with Gasteiger partial charge in [-0.05, 0) is 13.8 Å². The number of aryl methyl sites for hydroxylation is 2. The summed E-state index contributed by atoms with van der Waals surface area (Å²) in [5.41, 5.74) is 1.40. The quantitative estimate of drug-likeness (QED) is 0.640. The van der Waals surface area contributed by atoms with Crippen molar-refractivity contribution in [1.29, 1.82) is 0 Å². The second-order valence-electron chi connectivity index (χ2n) is 2.65. The van der Waals surface area contributed by atoms with Crippen LogP contribution in [0, 0.1) is 13.8 Å². The second-order valence-corrected chi connectivity index (χ2v) is 4.61. The third kappa shape index (κ3) is 1.79. The summed E-state index contributed by atoms with van der Waals surface area (Å²) in [5.74, 6) is 0. The second kappa shape index (κ2) is 2.82. The van der Waals surface area contributed by atoms with Gasteiger partial charge in [-0.2, -0.15) is 0 Å². The Bertz CT molecular complexity index is 398. The van der Waals surface area contributed by atoms with Crippen molar-refractivity contribution in [2.24, 2.45) is 0 Å². The molecule has 5 heteroatoms. The van der Waals surface area contributed by atoms with Crippen molar-refractivity contribution in [3.63, 3.8) is 0 Å². The molecule has 12 heavy (non-hydrogen) atoms. The summed E-state index contributed by atoms with van der Waals surface area (Å²) in [5, 5.41) is 0.0330. The Hall–Kier alpha value is -0.970. The molecular formula is C7H10N2O2S. The Morgan fingerprint density at radius 3 is 2.25 bits per heavy atom. The fraction of sp³-hybridized carbons (Fsp3) is 0.429. The van der Waals surface area contributed by atoms with Gasteiger partial charge in [-0.1, -0.05) is 0 Å². The van der Waals surface area contributed by atoms with E-state index in [-0.39, 0.29) is 5.03 Å². The Kier molecular flexibility index (Phi) is 2.14. The Morgan fingerprint density at radius 2 is 1.83 bits per heavy atom. The van der Waals surface area contributed by atoms with Crippen LogP contribution in [0.2, 0.25) is 0 Å². The number of aromatic nitrogens is 2. The normalized spacial score (nSPS) is 11.6.